The van der Waals surface area contributed by atoms with Crippen LogP contribution in [0.5, 0.6) is 11.5 Å². The molecule has 0 unspecified atom stereocenters. The van der Waals surface area contributed by atoms with Gasteiger partial charge >= 0.3 is 6.36 Å². The smallest absolute Gasteiger partial charge is 0.479 e. The van der Waals surface area contributed by atoms with Crippen molar-refractivity contribution in [2.45, 2.75) is 18.6 Å². The third-order valence-corrected chi connectivity index (χ3v) is 3.75. The van der Waals surface area contributed by atoms with Crippen molar-refractivity contribution in [1.29, 1.82) is 0 Å². The summed E-state index contributed by atoms with van der Waals surface area (Å²) in [6, 6.07) is 15.0. The first-order valence-electron chi connectivity index (χ1n) is 7.91. The van der Waals surface area contributed by atoms with Gasteiger partial charge in [0.25, 0.3) is 0 Å². The molecule has 4 nitrogen and oxygen atoms in total. The summed E-state index contributed by atoms with van der Waals surface area (Å²) >= 11 is 0. The van der Waals surface area contributed by atoms with Crippen molar-refractivity contribution < 1.29 is 27.4 Å². The Hall–Kier alpha value is -2.25. The second-order valence-electron chi connectivity index (χ2n) is 5.56. The highest BCUT2D eigenvalue weighted by Gasteiger charge is 2.34. The van der Waals surface area contributed by atoms with Gasteiger partial charge < -0.3 is 19.5 Å². The second-order valence-corrected chi connectivity index (χ2v) is 5.56. The quantitative estimate of drug-likeness (QED) is 0.890. The molecule has 2 atom stereocenters. The van der Waals surface area contributed by atoms with Crippen molar-refractivity contribution in [2.75, 3.05) is 19.7 Å². The molecule has 1 N–H and O–H groups in total. The van der Waals surface area contributed by atoms with Gasteiger partial charge in [0.05, 0.1) is 6.61 Å². The predicted molar refractivity (Wildman–Crippen MR) is 85.5 cm³/mol. The van der Waals surface area contributed by atoms with E-state index in [1.807, 2.05) is 30.3 Å². The summed E-state index contributed by atoms with van der Waals surface area (Å²) in [5.41, 5.74) is 0.818. The van der Waals surface area contributed by atoms with Crippen molar-refractivity contribution in [3.05, 3.63) is 60.2 Å². The van der Waals surface area contributed by atoms with E-state index in [1.54, 1.807) is 6.07 Å². The molecule has 1 heterocycles. The Morgan fingerprint density at radius 2 is 1.68 bits per heavy atom. The molecule has 0 radical (unpaired) electrons. The maximum atomic E-state index is 12.6. The van der Waals surface area contributed by atoms with Crippen molar-refractivity contribution in [3.8, 4) is 11.5 Å². The zero-order valence-electron chi connectivity index (χ0n) is 13.3. The number of benzene rings is 2. The van der Waals surface area contributed by atoms with Gasteiger partial charge in [-0.15, -0.1) is 13.2 Å². The minimum Gasteiger partial charge on any atom is -0.479 e. The van der Waals surface area contributed by atoms with Crippen molar-refractivity contribution in [1.82, 2.24) is 5.32 Å². The highest BCUT2D eigenvalue weighted by Crippen LogP contribution is 2.36. The second kappa shape index (κ2) is 7.76. The number of alkyl halides is 3. The molecule has 134 valence electrons. The summed E-state index contributed by atoms with van der Waals surface area (Å²) in [6.07, 6.45) is -5.67. The lowest BCUT2D eigenvalue weighted by Crippen LogP contribution is -2.43. The number of rotatable bonds is 5. The van der Waals surface area contributed by atoms with Crippen LogP contribution in [0.4, 0.5) is 13.2 Å². The van der Waals surface area contributed by atoms with Crippen LogP contribution in [0, 0.1) is 0 Å². The third kappa shape index (κ3) is 4.87. The van der Waals surface area contributed by atoms with Gasteiger partial charge in [0.2, 0.25) is 0 Å². The largest absolute Gasteiger partial charge is 0.573 e. The number of hydrogen-bond acceptors (Lipinski definition) is 4. The number of ether oxygens (including phenoxy) is 3. The summed E-state index contributed by atoms with van der Waals surface area (Å²) in [5, 5.41) is 3.21. The first-order valence-corrected chi connectivity index (χ1v) is 7.91. The molecule has 0 aliphatic carbocycles. The fourth-order valence-corrected chi connectivity index (χ4v) is 2.67. The van der Waals surface area contributed by atoms with Gasteiger partial charge in [0, 0.05) is 13.1 Å². The fourth-order valence-electron chi connectivity index (χ4n) is 2.67. The first-order chi connectivity index (χ1) is 12.0. The lowest BCUT2D eigenvalue weighted by molar-refractivity contribution is -0.275. The Labute approximate surface area is 143 Å². The zero-order chi connectivity index (χ0) is 17.7. The van der Waals surface area contributed by atoms with Crippen LogP contribution in [-0.2, 0) is 4.74 Å². The average molecular weight is 353 g/mol. The number of nitrogens with one attached hydrogen (secondary N) is 1. The Morgan fingerprint density at radius 1 is 1.00 bits per heavy atom. The van der Waals surface area contributed by atoms with Gasteiger partial charge in [0.15, 0.2) is 17.6 Å². The summed E-state index contributed by atoms with van der Waals surface area (Å²) < 4.78 is 53.6. The summed E-state index contributed by atoms with van der Waals surface area (Å²) in [4.78, 5) is 0. The van der Waals surface area contributed by atoms with E-state index in [9.17, 15) is 13.2 Å². The predicted octanol–water partition coefficient (Wildman–Crippen LogP) is 3.69. The number of hydrogen-bond donors (Lipinski definition) is 1. The molecule has 0 bridgehead atoms. The molecule has 1 saturated heterocycles. The molecule has 0 amide bonds. The van der Waals surface area contributed by atoms with Gasteiger partial charge in [-0.25, -0.2) is 0 Å². The van der Waals surface area contributed by atoms with Crippen molar-refractivity contribution in [3.63, 3.8) is 0 Å². The molecule has 1 aliphatic rings. The van der Waals surface area contributed by atoms with Crippen LogP contribution in [0.1, 0.15) is 11.7 Å². The van der Waals surface area contributed by atoms with E-state index >= 15 is 0 Å². The van der Waals surface area contributed by atoms with Gasteiger partial charge in [-0.05, 0) is 17.7 Å². The van der Waals surface area contributed by atoms with Gasteiger partial charge in [-0.2, -0.15) is 0 Å². The van der Waals surface area contributed by atoms with Gasteiger partial charge in [-0.3, -0.25) is 0 Å². The highest BCUT2D eigenvalue weighted by atomic mass is 19.4. The summed E-state index contributed by atoms with van der Waals surface area (Å²) in [5.74, 6) is -0.359. The molecular weight excluding hydrogens is 335 g/mol. The van der Waals surface area contributed by atoms with Crippen LogP contribution in [0.2, 0.25) is 0 Å². The molecular formula is C18H18F3NO3. The lowest BCUT2D eigenvalue weighted by atomic mass is 10.0. The van der Waals surface area contributed by atoms with Crippen LogP contribution in [0.25, 0.3) is 0 Å². The molecule has 0 saturated carbocycles. The van der Waals surface area contributed by atoms with Crippen molar-refractivity contribution in [2.24, 2.45) is 0 Å². The Bertz CT molecular complexity index is 673. The molecule has 0 spiro atoms. The monoisotopic (exact) mass is 353 g/mol. The number of morpholine rings is 1. The minimum atomic E-state index is -4.79. The molecule has 1 fully saturated rings. The maximum absolute atomic E-state index is 12.6. The summed E-state index contributed by atoms with van der Waals surface area (Å²) in [7, 11) is 0. The van der Waals surface area contributed by atoms with E-state index in [0.717, 1.165) is 12.1 Å². The Kier molecular flexibility index (Phi) is 5.45. The topological polar surface area (TPSA) is 39.7 Å². The molecule has 2 aromatic rings. The van der Waals surface area contributed by atoms with E-state index in [4.69, 9.17) is 9.47 Å². The molecule has 1 aliphatic heterocycles. The minimum absolute atomic E-state index is 0.0165. The van der Waals surface area contributed by atoms with E-state index < -0.39 is 12.5 Å². The number of para-hydroxylation sites is 2. The van der Waals surface area contributed by atoms with Crippen LogP contribution in [-0.4, -0.2) is 32.2 Å². The normalized spacial score (nSPS) is 19.2. The van der Waals surface area contributed by atoms with E-state index in [-0.39, 0.29) is 17.6 Å². The Morgan fingerprint density at radius 3 is 2.32 bits per heavy atom. The first kappa shape index (κ1) is 17.6. The van der Waals surface area contributed by atoms with E-state index in [1.165, 1.54) is 18.2 Å². The third-order valence-electron chi connectivity index (χ3n) is 3.75. The van der Waals surface area contributed by atoms with Crippen molar-refractivity contribution >= 4 is 0 Å². The van der Waals surface area contributed by atoms with Gasteiger partial charge in [0.1, 0.15) is 6.10 Å². The lowest BCUT2D eigenvalue weighted by Gasteiger charge is -2.32. The number of halogens is 3. The van der Waals surface area contributed by atoms with Crippen LogP contribution in [0.3, 0.4) is 0 Å². The fraction of sp³-hybridized carbons (Fsp3) is 0.333. The zero-order valence-corrected chi connectivity index (χ0v) is 13.3. The molecule has 25 heavy (non-hydrogen) atoms. The SMILES string of the molecule is FC(F)(F)Oc1ccccc1O[C@@H](c1ccccc1)[C@@H]1CNCCO1. The van der Waals surface area contributed by atoms with E-state index in [0.29, 0.717) is 13.2 Å². The molecule has 3 rings (SSSR count). The molecule has 0 aromatic heterocycles. The van der Waals surface area contributed by atoms with Gasteiger partial charge in [-0.1, -0.05) is 42.5 Å². The average Bonchev–Trinajstić information content (AvgIpc) is 2.61. The van der Waals surface area contributed by atoms with Crippen LogP contribution < -0.4 is 14.8 Å². The van der Waals surface area contributed by atoms with Crippen LogP contribution in [0.15, 0.2) is 54.6 Å². The van der Waals surface area contributed by atoms with E-state index in [2.05, 4.69) is 10.1 Å². The molecule has 2 aromatic carbocycles. The summed E-state index contributed by atoms with van der Waals surface area (Å²) in [6.45, 7) is 1.78. The maximum Gasteiger partial charge on any atom is 0.573 e. The highest BCUT2D eigenvalue weighted by molar-refractivity contribution is 5.40. The molecule has 7 heteroatoms. The van der Waals surface area contributed by atoms with Crippen LogP contribution >= 0.6 is 0 Å². The standard InChI is InChI=1S/C18H18F3NO3/c19-18(20,21)25-15-9-5-4-8-14(15)24-17(13-6-2-1-3-7-13)16-12-22-10-11-23-16/h1-9,16-17,22H,10-12H2/t16-,17-/m0/s1. The Balaban J connectivity index is 1.88.